The molecular weight excluding hydrogens is 468 g/mol. The molecule has 1 fully saturated rings. The highest BCUT2D eigenvalue weighted by Crippen LogP contribution is 2.23. The molecule has 1 amide bonds. The normalized spacial score (nSPS) is 13.9. The van der Waals surface area contributed by atoms with Crippen LogP contribution in [0.3, 0.4) is 0 Å². The maximum atomic E-state index is 12.6. The van der Waals surface area contributed by atoms with Crippen molar-refractivity contribution in [2.24, 2.45) is 0 Å². The van der Waals surface area contributed by atoms with E-state index in [1.807, 2.05) is 18.2 Å². The second-order valence-electron chi connectivity index (χ2n) is 8.94. The molecule has 2 N–H and O–H groups in total. The topological polar surface area (TPSA) is 108 Å². The zero-order valence-electron chi connectivity index (χ0n) is 20.8. The smallest absolute Gasteiger partial charge is 0.284 e. The summed E-state index contributed by atoms with van der Waals surface area (Å²) >= 11 is 0. The average Bonchev–Trinajstić information content (AvgIpc) is 2.90. The van der Waals surface area contributed by atoms with Crippen molar-refractivity contribution in [2.45, 2.75) is 6.92 Å². The number of hydrogen-bond donors (Lipinski definition) is 2. The summed E-state index contributed by atoms with van der Waals surface area (Å²) in [7, 11) is 2.14. The Labute approximate surface area is 214 Å². The molecule has 0 radical (unpaired) electrons. The van der Waals surface area contributed by atoms with Crippen molar-refractivity contribution in [3.8, 4) is 5.69 Å². The van der Waals surface area contributed by atoms with Crippen LogP contribution >= 0.6 is 0 Å². The molecule has 0 spiro atoms. The molecule has 0 unspecified atom stereocenters. The number of amides is 1. The van der Waals surface area contributed by atoms with Crippen LogP contribution in [-0.4, -0.2) is 63.6 Å². The zero-order chi connectivity index (χ0) is 25.9. The number of nitrogens with one attached hydrogen (secondary N) is 2. The number of piperazine rings is 1. The molecule has 3 heterocycles. The van der Waals surface area contributed by atoms with Crippen LogP contribution in [0.1, 0.15) is 5.82 Å². The van der Waals surface area contributed by atoms with Crippen LogP contribution in [0.4, 0.5) is 23.0 Å². The minimum atomic E-state index is -0.400. The van der Waals surface area contributed by atoms with Crippen LogP contribution in [0.5, 0.6) is 0 Å². The highest BCUT2D eigenvalue weighted by atomic mass is 16.1. The number of benzene rings is 2. The van der Waals surface area contributed by atoms with E-state index in [2.05, 4.69) is 61.1 Å². The third-order valence-corrected chi connectivity index (χ3v) is 6.35. The van der Waals surface area contributed by atoms with Crippen molar-refractivity contribution in [3.05, 3.63) is 83.6 Å². The van der Waals surface area contributed by atoms with E-state index in [-0.39, 0.29) is 5.91 Å². The van der Waals surface area contributed by atoms with Crippen LogP contribution in [0, 0.1) is 6.92 Å². The molecule has 188 valence electrons. The molecule has 1 aliphatic rings. The molecule has 2 aromatic carbocycles. The number of nitrogens with zero attached hydrogens (tertiary/aromatic N) is 6. The van der Waals surface area contributed by atoms with Gasteiger partial charge >= 0.3 is 0 Å². The molecule has 0 atom stereocenters. The van der Waals surface area contributed by atoms with Gasteiger partial charge in [-0.25, -0.2) is 4.98 Å². The molecule has 0 bridgehead atoms. The van der Waals surface area contributed by atoms with E-state index in [9.17, 15) is 9.59 Å². The second kappa shape index (κ2) is 10.2. The van der Waals surface area contributed by atoms with Crippen molar-refractivity contribution < 1.29 is 4.79 Å². The predicted octanol–water partition coefficient (Wildman–Crippen LogP) is 3.10. The highest BCUT2D eigenvalue weighted by molar-refractivity contribution is 5.99. The maximum Gasteiger partial charge on any atom is 0.284 e. The third kappa shape index (κ3) is 5.19. The summed E-state index contributed by atoms with van der Waals surface area (Å²) in [4.78, 5) is 42.3. The second-order valence-corrected chi connectivity index (χ2v) is 8.94. The molecule has 0 aliphatic carbocycles. The van der Waals surface area contributed by atoms with Gasteiger partial charge in [-0.1, -0.05) is 12.6 Å². The Morgan fingerprint density at radius 3 is 2.49 bits per heavy atom. The number of rotatable bonds is 6. The number of hydrogen-bond acceptors (Lipinski definition) is 8. The minimum absolute atomic E-state index is 0.294. The number of carbonyl (C=O) groups excluding carboxylic acids is 1. The molecule has 10 nitrogen and oxygen atoms in total. The van der Waals surface area contributed by atoms with E-state index in [0.717, 1.165) is 31.9 Å². The monoisotopic (exact) mass is 496 g/mol. The summed E-state index contributed by atoms with van der Waals surface area (Å²) in [5.74, 6) is 0.504. The molecule has 0 saturated carbocycles. The molecule has 10 heteroatoms. The Morgan fingerprint density at radius 1 is 1.00 bits per heavy atom. The van der Waals surface area contributed by atoms with Gasteiger partial charge in [-0.3, -0.25) is 14.2 Å². The fraction of sp³-hybridized carbons (Fsp3) is 0.222. The van der Waals surface area contributed by atoms with Gasteiger partial charge in [0.05, 0.1) is 5.69 Å². The number of likely N-dealkylation sites (N-methyl/N-ethyl adjacent to an activating group) is 1. The van der Waals surface area contributed by atoms with E-state index < -0.39 is 5.56 Å². The summed E-state index contributed by atoms with van der Waals surface area (Å²) in [5, 5.41) is 6.29. The van der Waals surface area contributed by atoms with E-state index in [4.69, 9.17) is 0 Å². The first-order valence-electron chi connectivity index (χ1n) is 12.0. The van der Waals surface area contributed by atoms with Crippen LogP contribution in [0.25, 0.3) is 16.7 Å². The number of aromatic nitrogens is 4. The Bertz CT molecular complexity index is 1520. The van der Waals surface area contributed by atoms with Crippen molar-refractivity contribution >= 4 is 40.0 Å². The van der Waals surface area contributed by atoms with Gasteiger partial charge in [-0.2, -0.15) is 9.97 Å². The van der Waals surface area contributed by atoms with Gasteiger partial charge in [0.15, 0.2) is 5.65 Å². The van der Waals surface area contributed by atoms with Gasteiger partial charge in [0.1, 0.15) is 11.2 Å². The quantitative estimate of drug-likeness (QED) is 0.392. The Kier molecular flexibility index (Phi) is 6.65. The lowest BCUT2D eigenvalue weighted by Crippen LogP contribution is -2.44. The standard InChI is InChI=1S/C27H28N8O2/c1-4-24(36)30-20-6-5-7-22(16-20)35-18(2)29-26(37)23-17-28-27(32-25(23)35)31-19-8-10-21(11-9-19)34-14-12-33(3)13-15-34/h4-11,16-17H,1,12-15H2,2-3H3,(H,30,36)(H,28,31,32). The fourth-order valence-electron chi connectivity index (χ4n) is 4.34. The maximum absolute atomic E-state index is 12.6. The summed E-state index contributed by atoms with van der Waals surface area (Å²) < 4.78 is 1.77. The first kappa shape index (κ1) is 24.1. The van der Waals surface area contributed by atoms with Gasteiger partial charge in [0.25, 0.3) is 5.56 Å². The Balaban J connectivity index is 1.46. The first-order valence-corrected chi connectivity index (χ1v) is 12.0. The molecule has 1 saturated heterocycles. The van der Waals surface area contributed by atoms with E-state index in [1.54, 1.807) is 29.7 Å². The Hall–Kier alpha value is -4.57. The van der Waals surface area contributed by atoms with E-state index in [1.165, 1.54) is 18.0 Å². The van der Waals surface area contributed by atoms with Crippen molar-refractivity contribution in [2.75, 3.05) is 48.8 Å². The van der Waals surface area contributed by atoms with Crippen LogP contribution in [-0.2, 0) is 4.79 Å². The predicted molar refractivity (Wildman–Crippen MR) is 146 cm³/mol. The van der Waals surface area contributed by atoms with E-state index in [0.29, 0.717) is 34.2 Å². The molecule has 5 rings (SSSR count). The van der Waals surface area contributed by atoms with Crippen LogP contribution in [0.2, 0.25) is 0 Å². The van der Waals surface area contributed by atoms with Gasteiger partial charge in [0.2, 0.25) is 11.9 Å². The van der Waals surface area contributed by atoms with Crippen molar-refractivity contribution in [3.63, 3.8) is 0 Å². The number of carbonyl (C=O) groups is 1. The molecule has 4 aromatic rings. The lowest BCUT2D eigenvalue weighted by molar-refractivity contribution is -0.111. The van der Waals surface area contributed by atoms with Gasteiger partial charge in [-0.15, -0.1) is 0 Å². The number of anilines is 4. The lowest BCUT2D eigenvalue weighted by atomic mass is 10.2. The first-order chi connectivity index (χ1) is 17.9. The minimum Gasteiger partial charge on any atom is -0.369 e. The number of fused-ring (bicyclic) bond motifs is 1. The fourth-order valence-corrected chi connectivity index (χ4v) is 4.34. The zero-order valence-corrected chi connectivity index (χ0v) is 20.8. The lowest BCUT2D eigenvalue weighted by Gasteiger charge is -2.34. The molecule has 2 aromatic heterocycles. The largest absolute Gasteiger partial charge is 0.369 e. The summed E-state index contributed by atoms with van der Waals surface area (Å²) in [6.45, 7) is 9.32. The third-order valence-electron chi connectivity index (χ3n) is 6.35. The van der Waals surface area contributed by atoms with Crippen molar-refractivity contribution in [1.29, 1.82) is 0 Å². The van der Waals surface area contributed by atoms with Crippen LogP contribution in [0.15, 0.2) is 72.2 Å². The Morgan fingerprint density at radius 2 is 1.76 bits per heavy atom. The molecular formula is C27H28N8O2. The highest BCUT2D eigenvalue weighted by Gasteiger charge is 2.15. The summed E-state index contributed by atoms with van der Waals surface area (Å²) in [6, 6.07) is 15.4. The summed E-state index contributed by atoms with van der Waals surface area (Å²) in [5.41, 5.74) is 3.31. The van der Waals surface area contributed by atoms with Crippen LogP contribution < -0.4 is 21.1 Å². The average molecular weight is 497 g/mol. The van der Waals surface area contributed by atoms with Crippen molar-refractivity contribution in [1.82, 2.24) is 24.4 Å². The molecule has 37 heavy (non-hydrogen) atoms. The molecule has 1 aliphatic heterocycles. The number of aryl methyl sites for hydroxylation is 1. The van der Waals surface area contributed by atoms with Gasteiger partial charge in [0, 0.05) is 49.4 Å². The summed E-state index contributed by atoms with van der Waals surface area (Å²) in [6.07, 6.45) is 2.69. The van der Waals surface area contributed by atoms with Gasteiger partial charge < -0.3 is 20.4 Å². The van der Waals surface area contributed by atoms with Gasteiger partial charge in [-0.05, 0) is 62.5 Å². The SMILES string of the molecule is C=CC(=O)Nc1cccc(-n2c(C)nc(=O)c3cnc(Nc4ccc(N5CCN(C)CC5)cc4)nc32)c1. The van der Waals surface area contributed by atoms with E-state index >= 15 is 0 Å².